The first-order valence-corrected chi connectivity index (χ1v) is 12.5. The molecule has 0 saturated carbocycles. The minimum Gasteiger partial charge on any atom is -0.256 e. The van der Waals surface area contributed by atoms with E-state index in [1.165, 1.54) is 22.3 Å². The first-order chi connectivity index (χ1) is 16.7. The third kappa shape index (κ3) is 3.09. The average Bonchev–Trinajstić information content (AvgIpc) is 3.06. The molecular weight excluding hydrogens is 429 g/mol. The van der Waals surface area contributed by atoms with Crippen molar-refractivity contribution in [3.05, 3.63) is 100 Å². The van der Waals surface area contributed by atoms with E-state index < -0.39 is 0 Å². The second kappa shape index (κ2) is 7.49. The average molecular weight is 460 g/mol. The molecule has 0 bridgehead atoms. The molecular formula is C33H30FN. The van der Waals surface area contributed by atoms with E-state index in [1.54, 1.807) is 6.07 Å². The van der Waals surface area contributed by atoms with Crippen LogP contribution in [0.25, 0.3) is 43.9 Å². The molecule has 0 saturated heterocycles. The summed E-state index contributed by atoms with van der Waals surface area (Å²) in [6, 6.07) is 21.0. The molecule has 35 heavy (non-hydrogen) atoms. The van der Waals surface area contributed by atoms with Crippen molar-refractivity contribution in [3.8, 4) is 22.4 Å². The van der Waals surface area contributed by atoms with Crippen LogP contribution in [0, 0.1) is 19.7 Å². The molecule has 0 atom stereocenters. The Morgan fingerprint density at radius 3 is 2.20 bits per heavy atom. The summed E-state index contributed by atoms with van der Waals surface area (Å²) in [4.78, 5) is 4.76. The van der Waals surface area contributed by atoms with Crippen molar-refractivity contribution >= 4 is 21.5 Å². The Morgan fingerprint density at radius 1 is 0.771 bits per heavy atom. The topological polar surface area (TPSA) is 12.9 Å². The molecule has 1 nitrogen and oxygen atoms in total. The highest BCUT2D eigenvalue weighted by Gasteiger charge is 2.40. The van der Waals surface area contributed by atoms with Crippen LogP contribution in [0.15, 0.2) is 66.9 Å². The van der Waals surface area contributed by atoms with Crippen molar-refractivity contribution in [2.24, 2.45) is 0 Å². The van der Waals surface area contributed by atoms with E-state index >= 15 is 4.39 Å². The van der Waals surface area contributed by atoms with E-state index in [-0.39, 0.29) is 11.2 Å². The van der Waals surface area contributed by atoms with Gasteiger partial charge in [0.1, 0.15) is 5.82 Å². The fraction of sp³-hybridized carbons (Fsp3) is 0.242. The third-order valence-electron chi connectivity index (χ3n) is 7.75. The molecule has 1 aromatic heterocycles. The van der Waals surface area contributed by atoms with Crippen molar-refractivity contribution in [2.45, 2.75) is 52.9 Å². The van der Waals surface area contributed by atoms with Crippen LogP contribution in [0.4, 0.5) is 4.39 Å². The van der Waals surface area contributed by atoms with Crippen molar-refractivity contribution in [3.63, 3.8) is 0 Å². The van der Waals surface area contributed by atoms with Crippen LogP contribution >= 0.6 is 0 Å². The number of rotatable bonds is 2. The maximum Gasteiger partial charge on any atom is 0.132 e. The van der Waals surface area contributed by atoms with Gasteiger partial charge in [-0.3, -0.25) is 4.98 Å². The lowest BCUT2D eigenvalue weighted by Crippen LogP contribution is -2.18. The molecule has 0 unspecified atom stereocenters. The van der Waals surface area contributed by atoms with Crippen LogP contribution < -0.4 is 0 Å². The summed E-state index contributed by atoms with van der Waals surface area (Å²) in [5.41, 5.74) is 9.66. The number of hydrogen-bond acceptors (Lipinski definition) is 1. The second-order valence-corrected chi connectivity index (χ2v) is 10.9. The molecule has 174 valence electrons. The third-order valence-corrected chi connectivity index (χ3v) is 7.75. The molecule has 1 aliphatic rings. The summed E-state index contributed by atoms with van der Waals surface area (Å²) in [5, 5.41) is 4.19. The molecule has 0 fully saturated rings. The number of halogens is 1. The summed E-state index contributed by atoms with van der Waals surface area (Å²) in [7, 11) is 0. The summed E-state index contributed by atoms with van der Waals surface area (Å²) >= 11 is 0. The highest BCUT2D eigenvalue weighted by molar-refractivity contribution is 6.14. The fourth-order valence-corrected chi connectivity index (χ4v) is 6.44. The normalized spacial score (nSPS) is 14.1. The van der Waals surface area contributed by atoms with Crippen LogP contribution in [0.5, 0.6) is 0 Å². The SMILES string of the molecule is Cc1cc(C)cc(-c2nccc3c2ccc2c4c(c(F)cc23)-c2cccc(C(C)C)c2C4(C)C)c1. The van der Waals surface area contributed by atoms with Crippen LogP contribution in [-0.2, 0) is 5.41 Å². The van der Waals surface area contributed by atoms with Gasteiger partial charge in [-0.2, -0.15) is 0 Å². The number of aryl methyl sites for hydroxylation is 2. The fourth-order valence-electron chi connectivity index (χ4n) is 6.44. The molecule has 6 rings (SSSR count). The van der Waals surface area contributed by atoms with Gasteiger partial charge in [-0.15, -0.1) is 0 Å². The van der Waals surface area contributed by atoms with Gasteiger partial charge in [0.15, 0.2) is 0 Å². The molecule has 0 amide bonds. The van der Waals surface area contributed by atoms with Gasteiger partial charge in [-0.1, -0.05) is 75.2 Å². The minimum atomic E-state index is -0.289. The van der Waals surface area contributed by atoms with Gasteiger partial charge in [0.2, 0.25) is 0 Å². The van der Waals surface area contributed by atoms with E-state index in [0.717, 1.165) is 49.5 Å². The highest BCUT2D eigenvalue weighted by Crippen LogP contribution is 2.55. The zero-order valence-electron chi connectivity index (χ0n) is 21.3. The zero-order chi connectivity index (χ0) is 24.6. The summed E-state index contributed by atoms with van der Waals surface area (Å²) in [6.45, 7) is 13.2. The number of pyridine rings is 1. The van der Waals surface area contributed by atoms with Gasteiger partial charge >= 0.3 is 0 Å². The van der Waals surface area contributed by atoms with Gasteiger partial charge in [-0.25, -0.2) is 4.39 Å². The largest absolute Gasteiger partial charge is 0.256 e. The first-order valence-electron chi connectivity index (χ1n) is 12.5. The number of benzene rings is 4. The molecule has 0 N–H and O–H groups in total. The van der Waals surface area contributed by atoms with Crippen molar-refractivity contribution in [1.82, 2.24) is 4.98 Å². The Morgan fingerprint density at radius 2 is 1.49 bits per heavy atom. The Hall–Kier alpha value is -3.52. The minimum absolute atomic E-state index is 0.141. The van der Waals surface area contributed by atoms with Crippen molar-refractivity contribution < 1.29 is 4.39 Å². The van der Waals surface area contributed by atoms with Crippen LogP contribution in [0.1, 0.15) is 61.4 Å². The van der Waals surface area contributed by atoms with E-state index in [9.17, 15) is 0 Å². The van der Waals surface area contributed by atoms with Crippen LogP contribution in [-0.4, -0.2) is 4.98 Å². The van der Waals surface area contributed by atoms with Gasteiger partial charge in [0.25, 0.3) is 0 Å². The Balaban J connectivity index is 1.69. The Bertz CT molecular complexity index is 1650. The summed E-state index contributed by atoms with van der Waals surface area (Å²) < 4.78 is 16.0. The summed E-state index contributed by atoms with van der Waals surface area (Å²) in [6.07, 6.45) is 1.86. The predicted molar refractivity (Wildman–Crippen MR) is 146 cm³/mol. The number of fused-ring (bicyclic) bond motifs is 7. The maximum atomic E-state index is 16.0. The lowest BCUT2D eigenvalue weighted by atomic mass is 9.76. The second-order valence-electron chi connectivity index (χ2n) is 10.9. The number of hydrogen-bond donors (Lipinski definition) is 0. The maximum absolute atomic E-state index is 16.0. The quantitative estimate of drug-likeness (QED) is 0.240. The van der Waals surface area contributed by atoms with Gasteiger partial charge in [0.05, 0.1) is 5.69 Å². The van der Waals surface area contributed by atoms with E-state index in [1.807, 2.05) is 12.3 Å². The smallest absolute Gasteiger partial charge is 0.132 e. The monoisotopic (exact) mass is 459 g/mol. The lowest BCUT2D eigenvalue weighted by molar-refractivity contribution is 0.621. The zero-order valence-corrected chi connectivity index (χ0v) is 21.3. The predicted octanol–water partition coefficient (Wildman–Crippen LogP) is 9.24. The molecule has 0 spiro atoms. The lowest BCUT2D eigenvalue weighted by Gasteiger charge is -2.27. The number of aromatic nitrogens is 1. The van der Waals surface area contributed by atoms with E-state index in [4.69, 9.17) is 4.98 Å². The Labute approximate surface area is 206 Å². The number of nitrogens with zero attached hydrogens (tertiary/aromatic N) is 1. The van der Waals surface area contributed by atoms with Gasteiger partial charge < -0.3 is 0 Å². The van der Waals surface area contributed by atoms with E-state index in [2.05, 4.69) is 90.1 Å². The van der Waals surface area contributed by atoms with Crippen molar-refractivity contribution in [2.75, 3.05) is 0 Å². The molecule has 1 aliphatic carbocycles. The molecule has 2 heteroatoms. The Kier molecular flexibility index (Phi) is 4.70. The summed E-state index contributed by atoms with van der Waals surface area (Å²) in [5.74, 6) is 0.234. The first kappa shape index (κ1) is 22.0. The molecule has 4 aromatic carbocycles. The van der Waals surface area contributed by atoms with Gasteiger partial charge in [0, 0.05) is 28.1 Å². The standard InChI is InChI=1S/C33H30FN/c1-18(2)22-8-7-9-26-29-28(34)17-27-23-12-13-35-32(21-15-19(3)14-20(4)16-21)25(23)11-10-24(27)31(29)33(5,6)30(22)26/h7-18H,1-6H3. The molecule has 0 radical (unpaired) electrons. The van der Waals surface area contributed by atoms with Crippen LogP contribution in [0.2, 0.25) is 0 Å². The molecule has 5 aromatic rings. The highest BCUT2D eigenvalue weighted by atomic mass is 19.1. The molecule has 0 aliphatic heterocycles. The van der Waals surface area contributed by atoms with Gasteiger partial charge in [-0.05, 0) is 82.4 Å². The van der Waals surface area contributed by atoms with Crippen LogP contribution in [0.3, 0.4) is 0 Å². The van der Waals surface area contributed by atoms with Crippen molar-refractivity contribution in [1.29, 1.82) is 0 Å². The molecule has 1 heterocycles. The van der Waals surface area contributed by atoms with E-state index in [0.29, 0.717) is 5.92 Å².